The first kappa shape index (κ1) is 20.0. The lowest BCUT2D eigenvalue weighted by Crippen LogP contribution is -2.32. The predicted octanol–water partition coefficient (Wildman–Crippen LogP) is 3.24. The molecule has 1 fully saturated rings. The maximum Gasteiger partial charge on any atom is 0.195 e. The molecule has 2 aromatic rings. The van der Waals surface area contributed by atoms with Crippen LogP contribution in [0.5, 0.6) is 0 Å². The molecule has 144 valence electrons. The quantitative estimate of drug-likeness (QED) is 0.662. The summed E-state index contributed by atoms with van der Waals surface area (Å²) in [6, 6.07) is 15.0. The van der Waals surface area contributed by atoms with E-state index in [9.17, 15) is 21.6 Å². The van der Waals surface area contributed by atoms with E-state index >= 15 is 0 Å². The van der Waals surface area contributed by atoms with Crippen molar-refractivity contribution in [3.8, 4) is 0 Å². The molecule has 0 bridgehead atoms. The van der Waals surface area contributed by atoms with E-state index in [0.29, 0.717) is 0 Å². The highest BCUT2D eigenvalue weighted by atomic mass is 35.5. The van der Waals surface area contributed by atoms with Crippen LogP contribution in [0, 0.1) is 5.92 Å². The molecule has 1 aliphatic carbocycles. The van der Waals surface area contributed by atoms with Crippen LogP contribution < -0.4 is 0 Å². The fourth-order valence-electron chi connectivity index (χ4n) is 3.32. The standard InChI is InChI=1S/C19H19ClO5S2/c20-17-11-14(12-18(17)21)13-19(26(22,23)15-7-3-1-4-8-15)27(24,25)16-9-5-2-6-10-16/h1-10,14,17,19H,11-13H2. The summed E-state index contributed by atoms with van der Waals surface area (Å²) in [5.74, 6) is -0.559. The number of rotatable bonds is 6. The van der Waals surface area contributed by atoms with Crippen LogP contribution in [0.25, 0.3) is 0 Å². The maximum atomic E-state index is 13.2. The van der Waals surface area contributed by atoms with E-state index < -0.39 is 29.6 Å². The number of hydrogen-bond acceptors (Lipinski definition) is 5. The highest BCUT2D eigenvalue weighted by Gasteiger charge is 2.43. The summed E-state index contributed by atoms with van der Waals surface area (Å²) in [6.07, 6.45) is 0.216. The summed E-state index contributed by atoms with van der Waals surface area (Å²) in [5, 5.41) is -0.686. The van der Waals surface area contributed by atoms with Gasteiger partial charge in [0.1, 0.15) is 0 Å². The Labute approximate surface area is 164 Å². The van der Waals surface area contributed by atoms with E-state index in [1.54, 1.807) is 36.4 Å². The number of ketones is 1. The van der Waals surface area contributed by atoms with Crippen LogP contribution in [-0.2, 0) is 24.5 Å². The lowest BCUT2D eigenvalue weighted by molar-refractivity contribution is -0.117. The summed E-state index contributed by atoms with van der Waals surface area (Å²) >= 11 is 5.95. The molecule has 2 atom stereocenters. The molecular weight excluding hydrogens is 408 g/mol. The van der Waals surface area contributed by atoms with E-state index in [1.165, 1.54) is 24.3 Å². The van der Waals surface area contributed by atoms with Crippen molar-refractivity contribution in [1.82, 2.24) is 0 Å². The first-order valence-corrected chi connectivity index (χ1v) is 12.0. The Morgan fingerprint density at radius 3 is 1.67 bits per heavy atom. The normalized spacial score (nSPS) is 20.9. The lowest BCUT2D eigenvalue weighted by Gasteiger charge is -2.21. The Morgan fingerprint density at radius 2 is 1.30 bits per heavy atom. The van der Waals surface area contributed by atoms with Crippen LogP contribution in [0.15, 0.2) is 70.5 Å². The Kier molecular flexibility index (Phi) is 5.74. The molecule has 5 nitrogen and oxygen atoms in total. The Morgan fingerprint density at radius 1 is 0.852 bits per heavy atom. The minimum absolute atomic E-state index is 0.0544. The number of carbonyl (C=O) groups excluding carboxylic acids is 1. The van der Waals surface area contributed by atoms with Crippen LogP contribution in [0.4, 0.5) is 0 Å². The van der Waals surface area contributed by atoms with Crippen molar-refractivity contribution in [3.05, 3.63) is 60.7 Å². The van der Waals surface area contributed by atoms with Crippen LogP contribution in [0.3, 0.4) is 0 Å². The topological polar surface area (TPSA) is 85.3 Å². The molecule has 0 aliphatic heterocycles. The molecule has 2 unspecified atom stereocenters. The predicted molar refractivity (Wildman–Crippen MR) is 103 cm³/mol. The van der Waals surface area contributed by atoms with E-state index in [4.69, 9.17) is 11.6 Å². The number of benzene rings is 2. The van der Waals surface area contributed by atoms with Gasteiger partial charge in [0, 0.05) is 6.42 Å². The average molecular weight is 427 g/mol. The van der Waals surface area contributed by atoms with Crippen LogP contribution in [-0.4, -0.2) is 32.6 Å². The smallest absolute Gasteiger partial charge is 0.195 e. The van der Waals surface area contributed by atoms with Crippen LogP contribution in [0.1, 0.15) is 19.3 Å². The number of Topliss-reactive ketones (excluding diaryl/α,β-unsaturated/α-hetero) is 1. The highest BCUT2D eigenvalue weighted by molar-refractivity contribution is 8.09. The van der Waals surface area contributed by atoms with Crippen molar-refractivity contribution in [1.29, 1.82) is 0 Å². The maximum absolute atomic E-state index is 13.2. The van der Waals surface area contributed by atoms with Gasteiger partial charge in [-0.1, -0.05) is 36.4 Å². The molecule has 2 aromatic carbocycles. The summed E-state index contributed by atoms with van der Waals surface area (Å²) < 4.78 is 51.2. The highest BCUT2D eigenvalue weighted by Crippen LogP contribution is 2.36. The first-order valence-electron chi connectivity index (χ1n) is 8.47. The molecule has 0 radical (unpaired) electrons. The number of carbonyl (C=O) groups is 1. The third-order valence-electron chi connectivity index (χ3n) is 4.74. The minimum atomic E-state index is -4.17. The zero-order valence-corrected chi connectivity index (χ0v) is 16.8. The second-order valence-corrected chi connectivity index (χ2v) is 11.7. The van der Waals surface area contributed by atoms with Crippen LogP contribution in [0.2, 0.25) is 0 Å². The summed E-state index contributed by atoms with van der Waals surface area (Å²) in [5.41, 5.74) is 0. The lowest BCUT2D eigenvalue weighted by atomic mass is 10.1. The van der Waals surface area contributed by atoms with Gasteiger partial charge in [-0.3, -0.25) is 4.79 Å². The van der Waals surface area contributed by atoms with Crippen molar-refractivity contribution in [2.24, 2.45) is 5.92 Å². The number of alkyl halides is 1. The third kappa shape index (κ3) is 4.10. The van der Waals surface area contributed by atoms with Gasteiger partial charge in [0.15, 0.2) is 30.0 Å². The van der Waals surface area contributed by atoms with Crippen molar-refractivity contribution in [2.75, 3.05) is 0 Å². The number of sulfone groups is 2. The van der Waals surface area contributed by atoms with Gasteiger partial charge in [-0.05, 0) is 43.0 Å². The molecule has 27 heavy (non-hydrogen) atoms. The molecule has 1 aliphatic rings. The molecule has 0 saturated heterocycles. The van der Waals surface area contributed by atoms with E-state index in [0.717, 1.165) is 0 Å². The largest absolute Gasteiger partial charge is 0.298 e. The zero-order valence-electron chi connectivity index (χ0n) is 14.4. The molecule has 3 rings (SSSR count). The molecule has 0 amide bonds. The van der Waals surface area contributed by atoms with Crippen molar-refractivity contribution in [2.45, 2.75) is 39.0 Å². The molecule has 1 saturated carbocycles. The van der Waals surface area contributed by atoms with E-state index in [1.807, 2.05) is 0 Å². The SMILES string of the molecule is O=C1CC(CC(S(=O)(=O)c2ccccc2)S(=O)(=O)c2ccccc2)CC1Cl. The van der Waals surface area contributed by atoms with E-state index in [2.05, 4.69) is 0 Å². The molecule has 8 heteroatoms. The summed E-state index contributed by atoms with van der Waals surface area (Å²) in [6.45, 7) is 0. The average Bonchev–Trinajstić information content (AvgIpc) is 2.98. The van der Waals surface area contributed by atoms with Gasteiger partial charge >= 0.3 is 0 Å². The van der Waals surface area contributed by atoms with Gasteiger partial charge in [-0.2, -0.15) is 0 Å². The number of hydrogen-bond donors (Lipinski definition) is 0. The fraction of sp³-hybridized carbons (Fsp3) is 0.316. The van der Waals surface area contributed by atoms with E-state index in [-0.39, 0.29) is 40.8 Å². The van der Waals surface area contributed by atoms with Gasteiger partial charge in [-0.25, -0.2) is 16.8 Å². The van der Waals surface area contributed by atoms with Gasteiger partial charge in [0.05, 0.1) is 15.2 Å². The monoisotopic (exact) mass is 426 g/mol. The minimum Gasteiger partial charge on any atom is -0.298 e. The van der Waals surface area contributed by atoms with Crippen LogP contribution >= 0.6 is 11.6 Å². The summed E-state index contributed by atoms with van der Waals surface area (Å²) in [7, 11) is -8.34. The Bertz CT molecular complexity index is 949. The Hall–Kier alpha value is -1.70. The fourth-order valence-corrected chi connectivity index (χ4v) is 8.39. The molecule has 0 aromatic heterocycles. The van der Waals surface area contributed by atoms with Gasteiger partial charge in [0.25, 0.3) is 0 Å². The molecule has 0 N–H and O–H groups in total. The summed E-state index contributed by atoms with van der Waals surface area (Å²) in [4.78, 5) is 11.7. The van der Waals surface area contributed by atoms with Gasteiger partial charge < -0.3 is 0 Å². The zero-order chi connectivity index (χ0) is 19.7. The Balaban J connectivity index is 2.06. The molecular formula is C19H19ClO5S2. The first-order chi connectivity index (χ1) is 12.7. The van der Waals surface area contributed by atoms with Crippen molar-refractivity contribution < 1.29 is 21.6 Å². The second kappa shape index (κ2) is 7.73. The number of halogens is 1. The second-order valence-electron chi connectivity index (χ2n) is 6.62. The molecule has 0 heterocycles. The van der Waals surface area contributed by atoms with Gasteiger partial charge in [-0.15, -0.1) is 11.6 Å². The van der Waals surface area contributed by atoms with Crippen molar-refractivity contribution >= 4 is 37.1 Å². The molecule has 0 spiro atoms. The van der Waals surface area contributed by atoms with Gasteiger partial charge in [0.2, 0.25) is 0 Å². The third-order valence-corrected chi connectivity index (χ3v) is 10.3. The van der Waals surface area contributed by atoms with Crippen molar-refractivity contribution in [3.63, 3.8) is 0 Å².